The van der Waals surface area contributed by atoms with Gasteiger partial charge in [-0.15, -0.1) is 5.10 Å². The van der Waals surface area contributed by atoms with E-state index in [1.54, 1.807) is 0 Å². The summed E-state index contributed by atoms with van der Waals surface area (Å²) in [5.74, 6) is -0.000947. The molecule has 0 saturated heterocycles. The molecule has 2 rings (SSSR count). The number of carbonyl (C=O) groups is 2. The molecule has 2 aromatic rings. The van der Waals surface area contributed by atoms with Gasteiger partial charge in [0, 0.05) is 6.54 Å². The number of hydrogen-bond donors (Lipinski definition) is 2. The second kappa shape index (κ2) is 7.21. The Morgan fingerprint density at radius 3 is 2.68 bits per heavy atom. The number of aryl methyl sites for hydroxylation is 1. The van der Waals surface area contributed by atoms with Crippen molar-refractivity contribution in [3.63, 3.8) is 0 Å². The fourth-order valence-electron chi connectivity index (χ4n) is 1.68. The minimum Gasteiger partial charge on any atom is -0.453 e. The molecule has 22 heavy (non-hydrogen) atoms. The van der Waals surface area contributed by atoms with Gasteiger partial charge in [0.25, 0.3) is 0 Å². The lowest BCUT2D eigenvalue weighted by molar-refractivity contribution is -0.122. The van der Waals surface area contributed by atoms with Crippen LogP contribution in [0.4, 0.5) is 10.6 Å². The van der Waals surface area contributed by atoms with Crippen LogP contribution in [-0.2, 0) is 22.6 Å². The minimum atomic E-state index is -0.643. The van der Waals surface area contributed by atoms with Crippen molar-refractivity contribution in [2.75, 3.05) is 12.4 Å². The fourth-order valence-corrected chi connectivity index (χ4v) is 1.68. The molecule has 0 aliphatic rings. The number of rotatable bonds is 5. The molecule has 0 saturated carbocycles. The Kier molecular flexibility index (Phi) is 5.07. The van der Waals surface area contributed by atoms with Crippen LogP contribution in [-0.4, -0.2) is 34.1 Å². The van der Waals surface area contributed by atoms with E-state index in [1.807, 2.05) is 31.2 Å². The largest absolute Gasteiger partial charge is 0.453 e. The molecular weight excluding hydrogens is 286 g/mol. The van der Waals surface area contributed by atoms with Crippen LogP contribution in [0.2, 0.25) is 0 Å². The number of amides is 2. The molecule has 0 radical (unpaired) electrons. The van der Waals surface area contributed by atoms with Crippen molar-refractivity contribution in [3.05, 3.63) is 41.6 Å². The van der Waals surface area contributed by atoms with Gasteiger partial charge in [-0.25, -0.2) is 4.79 Å². The van der Waals surface area contributed by atoms with E-state index in [-0.39, 0.29) is 18.3 Å². The standard InChI is InChI=1S/C14H17N5O3/c1-10-3-5-11(6-4-10)7-15-13(20)9-19-16-8-12(18-19)17-14(21)22-2/h3-6,8H,7,9H2,1-2H3,(H,15,20)(H,17,18,21). The van der Waals surface area contributed by atoms with E-state index in [4.69, 9.17) is 0 Å². The molecule has 0 fully saturated rings. The van der Waals surface area contributed by atoms with Crippen molar-refractivity contribution in [2.45, 2.75) is 20.0 Å². The van der Waals surface area contributed by atoms with Crippen LogP contribution < -0.4 is 10.6 Å². The van der Waals surface area contributed by atoms with Crippen LogP contribution in [0.1, 0.15) is 11.1 Å². The van der Waals surface area contributed by atoms with Gasteiger partial charge in [-0.05, 0) is 12.5 Å². The Morgan fingerprint density at radius 1 is 1.27 bits per heavy atom. The molecule has 0 aliphatic carbocycles. The van der Waals surface area contributed by atoms with Gasteiger partial charge in [0.2, 0.25) is 5.91 Å². The summed E-state index contributed by atoms with van der Waals surface area (Å²) in [4.78, 5) is 24.0. The van der Waals surface area contributed by atoms with E-state index >= 15 is 0 Å². The van der Waals surface area contributed by atoms with Gasteiger partial charge in [0.1, 0.15) is 6.54 Å². The molecule has 8 nitrogen and oxygen atoms in total. The Bertz CT molecular complexity index is 651. The summed E-state index contributed by atoms with van der Waals surface area (Å²) >= 11 is 0. The van der Waals surface area contributed by atoms with Gasteiger partial charge in [-0.2, -0.15) is 9.90 Å². The summed E-state index contributed by atoms with van der Waals surface area (Å²) in [6.07, 6.45) is 0.695. The van der Waals surface area contributed by atoms with E-state index in [0.717, 1.165) is 5.56 Å². The molecule has 1 aromatic heterocycles. The zero-order valence-electron chi connectivity index (χ0n) is 12.4. The van der Waals surface area contributed by atoms with Crippen LogP contribution in [0, 0.1) is 6.92 Å². The maximum Gasteiger partial charge on any atom is 0.412 e. The first kappa shape index (κ1) is 15.5. The average Bonchev–Trinajstić information content (AvgIpc) is 2.93. The molecule has 0 aliphatic heterocycles. The highest BCUT2D eigenvalue weighted by molar-refractivity contribution is 5.82. The van der Waals surface area contributed by atoms with Crippen LogP contribution in [0.5, 0.6) is 0 Å². The van der Waals surface area contributed by atoms with Gasteiger partial charge >= 0.3 is 6.09 Å². The predicted octanol–water partition coefficient (Wildman–Crippen LogP) is 1.08. The number of nitrogens with zero attached hydrogens (tertiary/aromatic N) is 3. The molecule has 2 amide bonds. The van der Waals surface area contributed by atoms with Crippen molar-refractivity contribution >= 4 is 17.8 Å². The van der Waals surface area contributed by atoms with Crippen molar-refractivity contribution in [1.82, 2.24) is 20.3 Å². The van der Waals surface area contributed by atoms with Crippen molar-refractivity contribution in [2.24, 2.45) is 0 Å². The highest BCUT2D eigenvalue weighted by atomic mass is 16.5. The normalized spacial score (nSPS) is 10.1. The van der Waals surface area contributed by atoms with Gasteiger partial charge in [-0.3, -0.25) is 10.1 Å². The van der Waals surface area contributed by atoms with E-state index in [9.17, 15) is 9.59 Å². The van der Waals surface area contributed by atoms with E-state index in [1.165, 1.54) is 23.7 Å². The van der Waals surface area contributed by atoms with Gasteiger partial charge < -0.3 is 10.1 Å². The number of carbonyl (C=O) groups excluding carboxylic acids is 2. The summed E-state index contributed by atoms with van der Waals surface area (Å²) < 4.78 is 4.43. The quantitative estimate of drug-likeness (QED) is 0.861. The van der Waals surface area contributed by atoms with Crippen LogP contribution in [0.15, 0.2) is 30.5 Å². The van der Waals surface area contributed by atoms with E-state index in [2.05, 4.69) is 25.6 Å². The molecule has 8 heteroatoms. The first-order valence-corrected chi connectivity index (χ1v) is 6.64. The molecule has 116 valence electrons. The lowest BCUT2D eigenvalue weighted by Gasteiger charge is -2.05. The van der Waals surface area contributed by atoms with Crippen LogP contribution >= 0.6 is 0 Å². The fraction of sp³-hybridized carbons (Fsp3) is 0.286. The molecule has 2 N–H and O–H groups in total. The van der Waals surface area contributed by atoms with Gasteiger partial charge in [-0.1, -0.05) is 29.8 Å². The SMILES string of the molecule is COC(=O)Nc1cnn(CC(=O)NCc2ccc(C)cc2)n1. The second-order valence-electron chi connectivity index (χ2n) is 4.64. The Hall–Kier alpha value is -2.90. The molecule has 0 unspecified atom stereocenters. The summed E-state index contributed by atoms with van der Waals surface area (Å²) in [6, 6.07) is 7.89. The zero-order valence-corrected chi connectivity index (χ0v) is 12.4. The first-order chi connectivity index (χ1) is 10.6. The summed E-state index contributed by atoms with van der Waals surface area (Å²) in [7, 11) is 1.25. The Morgan fingerprint density at radius 2 is 2.00 bits per heavy atom. The number of methoxy groups -OCH3 is 1. The third-order valence-corrected chi connectivity index (χ3v) is 2.85. The highest BCUT2D eigenvalue weighted by Gasteiger charge is 2.08. The van der Waals surface area contributed by atoms with Crippen molar-refractivity contribution < 1.29 is 14.3 Å². The summed E-state index contributed by atoms with van der Waals surface area (Å²) in [5, 5.41) is 13.0. The number of hydrogen-bond acceptors (Lipinski definition) is 5. The number of anilines is 1. The average molecular weight is 303 g/mol. The zero-order chi connectivity index (χ0) is 15.9. The topological polar surface area (TPSA) is 98.1 Å². The maximum atomic E-state index is 11.8. The number of ether oxygens (including phenoxy) is 1. The van der Waals surface area contributed by atoms with Crippen molar-refractivity contribution in [1.29, 1.82) is 0 Å². The lowest BCUT2D eigenvalue weighted by atomic mass is 10.1. The third kappa shape index (κ3) is 4.58. The van der Waals surface area contributed by atoms with Gasteiger partial charge in [0.05, 0.1) is 13.3 Å². The first-order valence-electron chi connectivity index (χ1n) is 6.64. The van der Waals surface area contributed by atoms with E-state index < -0.39 is 6.09 Å². The van der Waals surface area contributed by atoms with Crippen LogP contribution in [0.3, 0.4) is 0 Å². The minimum absolute atomic E-state index is 0.0330. The van der Waals surface area contributed by atoms with Crippen LogP contribution in [0.25, 0.3) is 0 Å². The lowest BCUT2D eigenvalue weighted by Crippen LogP contribution is -2.28. The van der Waals surface area contributed by atoms with Crippen molar-refractivity contribution in [3.8, 4) is 0 Å². The predicted molar refractivity (Wildman–Crippen MR) is 79.1 cm³/mol. The number of benzene rings is 1. The molecule has 0 atom stereocenters. The molecule has 0 bridgehead atoms. The third-order valence-electron chi connectivity index (χ3n) is 2.85. The highest BCUT2D eigenvalue weighted by Crippen LogP contribution is 2.03. The second-order valence-corrected chi connectivity index (χ2v) is 4.64. The molecule has 1 heterocycles. The summed E-state index contributed by atoms with van der Waals surface area (Å²) in [6.45, 7) is 2.41. The Balaban J connectivity index is 1.81. The monoisotopic (exact) mass is 303 g/mol. The summed E-state index contributed by atoms with van der Waals surface area (Å²) in [5.41, 5.74) is 2.18. The Labute approximate surface area is 127 Å². The molecular formula is C14H17N5O3. The number of aromatic nitrogens is 3. The van der Waals surface area contributed by atoms with Gasteiger partial charge in [0.15, 0.2) is 5.82 Å². The molecule has 0 spiro atoms. The smallest absolute Gasteiger partial charge is 0.412 e. The molecule has 1 aromatic carbocycles. The van der Waals surface area contributed by atoms with E-state index in [0.29, 0.717) is 6.54 Å². The number of nitrogens with one attached hydrogen (secondary N) is 2. The maximum absolute atomic E-state index is 11.8.